The number of oxazole rings is 1. The maximum absolute atomic E-state index is 12.3. The molecule has 0 aliphatic carbocycles. The fraction of sp³-hybridized carbons (Fsp3) is 0.455. The van der Waals surface area contributed by atoms with Crippen LogP contribution >= 0.6 is 0 Å². The van der Waals surface area contributed by atoms with Gasteiger partial charge in [0.1, 0.15) is 12.0 Å². The minimum atomic E-state index is -0.583. The molecule has 1 fully saturated rings. The van der Waals surface area contributed by atoms with Crippen molar-refractivity contribution in [1.29, 1.82) is 0 Å². The number of nitrogens with zero attached hydrogens (tertiary/aromatic N) is 4. The molecule has 1 aromatic heterocycles. The smallest absolute Gasteiger partial charge is 0.390 e. The van der Waals surface area contributed by atoms with E-state index in [0.717, 1.165) is 0 Å². The molecular formula is C11H13N4O3+. The van der Waals surface area contributed by atoms with Gasteiger partial charge in [-0.05, 0) is 13.8 Å². The molecule has 2 aliphatic heterocycles. The standard InChI is InChI=1S/C11H13N4O3/c1-4-14-9(16)7-8(13(3)11(14)17)12-10-15(7)5-6(2)18-10/h5,7H,4H2,1-3H3/q+1. The third-order valence-corrected chi connectivity index (χ3v) is 3.20. The van der Waals surface area contributed by atoms with Gasteiger partial charge in [0.25, 0.3) is 17.8 Å². The van der Waals surface area contributed by atoms with Crippen molar-refractivity contribution >= 4 is 23.8 Å². The minimum absolute atomic E-state index is 0.260. The lowest BCUT2D eigenvalue weighted by molar-refractivity contribution is -0.679. The Balaban J connectivity index is 2.13. The van der Waals surface area contributed by atoms with E-state index in [2.05, 4.69) is 4.99 Å². The van der Waals surface area contributed by atoms with E-state index in [1.165, 1.54) is 9.80 Å². The number of urea groups is 1. The number of fused-ring (bicyclic) bond motifs is 3. The molecule has 2 aliphatic rings. The van der Waals surface area contributed by atoms with Crippen LogP contribution in [0.25, 0.3) is 0 Å². The second-order valence-corrected chi connectivity index (χ2v) is 4.33. The highest BCUT2D eigenvalue weighted by atomic mass is 16.4. The first kappa shape index (κ1) is 10.9. The highest BCUT2D eigenvalue weighted by Gasteiger charge is 2.54. The number of imide groups is 1. The number of hydrogen-bond acceptors (Lipinski definition) is 4. The van der Waals surface area contributed by atoms with Crippen LogP contribution in [0, 0.1) is 6.92 Å². The number of amidine groups is 1. The summed E-state index contributed by atoms with van der Waals surface area (Å²) >= 11 is 0. The first-order chi connectivity index (χ1) is 8.54. The van der Waals surface area contributed by atoms with Gasteiger partial charge >= 0.3 is 12.0 Å². The van der Waals surface area contributed by atoms with Gasteiger partial charge in [0.15, 0.2) is 0 Å². The van der Waals surface area contributed by atoms with E-state index in [4.69, 9.17) is 4.42 Å². The monoisotopic (exact) mass is 249 g/mol. The second-order valence-electron chi connectivity index (χ2n) is 4.33. The normalized spacial score (nSPS) is 22.2. The van der Waals surface area contributed by atoms with Crippen molar-refractivity contribution < 1.29 is 18.6 Å². The SMILES string of the molecule is CCN1C(=O)C2C(=Nc3oc(C)c[n+]32)N(C)C1=O. The molecule has 0 bridgehead atoms. The molecule has 0 N–H and O–H groups in total. The van der Waals surface area contributed by atoms with E-state index in [1.54, 1.807) is 31.7 Å². The number of amides is 3. The van der Waals surface area contributed by atoms with Crippen molar-refractivity contribution in [3.05, 3.63) is 12.0 Å². The molecule has 1 atom stereocenters. The Kier molecular flexibility index (Phi) is 2.07. The van der Waals surface area contributed by atoms with E-state index >= 15 is 0 Å². The Hall–Kier alpha value is -2.18. The number of rotatable bonds is 1. The van der Waals surface area contributed by atoms with Gasteiger partial charge in [-0.15, -0.1) is 0 Å². The van der Waals surface area contributed by atoms with Gasteiger partial charge in [-0.2, -0.15) is 4.57 Å². The number of likely N-dealkylation sites (N-methyl/N-ethyl adjacent to an activating group) is 2. The third kappa shape index (κ3) is 1.18. The average molecular weight is 249 g/mol. The fourth-order valence-electron chi connectivity index (χ4n) is 2.32. The molecular weight excluding hydrogens is 236 g/mol. The van der Waals surface area contributed by atoms with Crippen molar-refractivity contribution in [3.8, 4) is 0 Å². The molecule has 1 unspecified atom stereocenters. The summed E-state index contributed by atoms with van der Waals surface area (Å²) in [5.74, 6) is 0.848. The van der Waals surface area contributed by atoms with Crippen molar-refractivity contribution in [2.75, 3.05) is 13.6 Å². The molecule has 0 radical (unpaired) electrons. The quantitative estimate of drug-likeness (QED) is 0.675. The minimum Gasteiger partial charge on any atom is -0.390 e. The van der Waals surface area contributed by atoms with Crippen molar-refractivity contribution in [1.82, 2.24) is 9.80 Å². The Morgan fingerprint density at radius 1 is 1.50 bits per heavy atom. The van der Waals surface area contributed by atoms with Gasteiger partial charge in [0.2, 0.25) is 0 Å². The molecule has 7 heteroatoms. The van der Waals surface area contributed by atoms with Gasteiger partial charge in [-0.3, -0.25) is 14.6 Å². The third-order valence-electron chi connectivity index (χ3n) is 3.20. The maximum atomic E-state index is 12.3. The Morgan fingerprint density at radius 3 is 2.89 bits per heavy atom. The van der Waals surface area contributed by atoms with Crippen molar-refractivity contribution in [2.24, 2.45) is 4.99 Å². The van der Waals surface area contributed by atoms with Crippen LogP contribution in [0.4, 0.5) is 10.8 Å². The Morgan fingerprint density at radius 2 is 2.22 bits per heavy atom. The first-order valence-corrected chi connectivity index (χ1v) is 5.73. The van der Waals surface area contributed by atoms with E-state index in [1.807, 2.05) is 0 Å². The second kappa shape index (κ2) is 3.41. The largest absolute Gasteiger partial charge is 0.506 e. The van der Waals surface area contributed by atoms with Gasteiger partial charge < -0.3 is 4.42 Å². The summed E-state index contributed by atoms with van der Waals surface area (Å²) < 4.78 is 7.05. The highest BCUT2D eigenvalue weighted by Crippen LogP contribution is 2.28. The summed E-state index contributed by atoms with van der Waals surface area (Å²) in [6.07, 6.45) is 1.73. The Bertz CT molecular complexity index is 589. The molecule has 3 amide bonds. The zero-order valence-corrected chi connectivity index (χ0v) is 10.4. The number of carbonyl (C=O) groups excluding carboxylic acids is 2. The summed E-state index contributed by atoms with van der Waals surface area (Å²) in [6.45, 7) is 3.91. The average Bonchev–Trinajstić information content (AvgIpc) is 2.82. The molecule has 3 heterocycles. The predicted octanol–water partition coefficient (Wildman–Crippen LogP) is 0.374. The number of aryl methyl sites for hydroxylation is 1. The summed E-state index contributed by atoms with van der Waals surface area (Å²) in [5, 5.41) is 0. The molecule has 7 nitrogen and oxygen atoms in total. The van der Waals surface area contributed by atoms with Crippen LogP contribution in [0.5, 0.6) is 0 Å². The summed E-state index contributed by atoms with van der Waals surface area (Å²) in [6, 6.07) is -0.571. The zero-order chi connectivity index (χ0) is 13.0. The molecule has 18 heavy (non-hydrogen) atoms. The summed E-state index contributed by atoms with van der Waals surface area (Å²) in [4.78, 5) is 31.1. The van der Waals surface area contributed by atoms with Gasteiger partial charge in [0, 0.05) is 18.6 Å². The fourth-order valence-corrected chi connectivity index (χ4v) is 2.32. The first-order valence-electron chi connectivity index (χ1n) is 5.73. The van der Waals surface area contributed by atoms with Crippen LogP contribution in [-0.2, 0) is 4.79 Å². The van der Waals surface area contributed by atoms with Crippen LogP contribution in [0.15, 0.2) is 15.6 Å². The molecule has 1 aromatic rings. The molecule has 0 saturated carbocycles. The van der Waals surface area contributed by atoms with Crippen LogP contribution in [0.1, 0.15) is 18.7 Å². The number of aliphatic imine (C=N–C) groups is 1. The zero-order valence-electron chi connectivity index (χ0n) is 10.4. The van der Waals surface area contributed by atoms with Crippen molar-refractivity contribution in [3.63, 3.8) is 0 Å². The van der Waals surface area contributed by atoms with Crippen LogP contribution < -0.4 is 4.57 Å². The summed E-state index contributed by atoms with van der Waals surface area (Å²) in [5.41, 5.74) is 0. The molecule has 0 aromatic carbocycles. The number of aromatic nitrogens is 1. The van der Waals surface area contributed by atoms with Gasteiger partial charge in [0.05, 0.1) is 0 Å². The molecule has 3 rings (SSSR count). The van der Waals surface area contributed by atoms with E-state index in [9.17, 15) is 9.59 Å². The van der Waals surface area contributed by atoms with Gasteiger partial charge in [-0.1, -0.05) is 0 Å². The van der Waals surface area contributed by atoms with Gasteiger partial charge in [-0.25, -0.2) is 4.79 Å². The van der Waals surface area contributed by atoms with Crippen LogP contribution in [0.2, 0.25) is 0 Å². The lowest BCUT2D eigenvalue weighted by Gasteiger charge is -2.31. The lowest BCUT2D eigenvalue weighted by atomic mass is 10.1. The lowest BCUT2D eigenvalue weighted by Crippen LogP contribution is -2.62. The maximum Gasteiger partial charge on any atom is 0.506 e. The van der Waals surface area contributed by atoms with E-state index < -0.39 is 6.04 Å². The van der Waals surface area contributed by atoms with E-state index in [0.29, 0.717) is 24.2 Å². The topological polar surface area (TPSA) is 70.0 Å². The van der Waals surface area contributed by atoms with E-state index in [-0.39, 0.29) is 11.9 Å². The Labute approximate surface area is 103 Å². The van der Waals surface area contributed by atoms with Crippen LogP contribution in [0.3, 0.4) is 0 Å². The summed E-state index contributed by atoms with van der Waals surface area (Å²) in [7, 11) is 1.61. The van der Waals surface area contributed by atoms with Crippen LogP contribution in [-0.4, -0.2) is 41.2 Å². The molecule has 94 valence electrons. The number of hydrogen-bond donors (Lipinski definition) is 0. The molecule has 0 spiro atoms. The predicted molar refractivity (Wildman–Crippen MR) is 60.3 cm³/mol. The van der Waals surface area contributed by atoms with Crippen molar-refractivity contribution in [2.45, 2.75) is 19.9 Å². The highest BCUT2D eigenvalue weighted by molar-refractivity contribution is 6.18. The molecule has 1 saturated heterocycles. The number of carbonyl (C=O) groups is 2.